The fourth-order valence-electron chi connectivity index (χ4n) is 4.09. The van der Waals surface area contributed by atoms with Crippen LogP contribution in [0.4, 0.5) is 0 Å². The Balaban J connectivity index is 1.69. The zero-order chi connectivity index (χ0) is 16.4. The third kappa shape index (κ3) is 3.06. The van der Waals surface area contributed by atoms with Crippen LogP contribution in [0.5, 0.6) is 17.2 Å². The van der Waals surface area contributed by atoms with Crippen LogP contribution >= 0.6 is 0 Å². The molecule has 3 heterocycles. The highest BCUT2D eigenvalue weighted by molar-refractivity contribution is 5.55. The number of fused-ring (bicyclic) bond motifs is 1. The molecule has 24 heavy (non-hydrogen) atoms. The Morgan fingerprint density at radius 1 is 1.17 bits per heavy atom. The van der Waals surface area contributed by atoms with Gasteiger partial charge in [0.2, 0.25) is 12.5 Å². The summed E-state index contributed by atoms with van der Waals surface area (Å²) >= 11 is 0. The van der Waals surface area contributed by atoms with E-state index in [2.05, 4.69) is 22.3 Å². The molecule has 0 radical (unpaired) electrons. The predicted molar refractivity (Wildman–Crippen MR) is 89.8 cm³/mol. The van der Waals surface area contributed by atoms with Crippen LogP contribution in [-0.4, -0.2) is 58.2 Å². The molecule has 0 spiro atoms. The maximum Gasteiger partial charge on any atom is 0.231 e. The van der Waals surface area contributed by atoms with Crippen molar-refractivity contribution in [1.82, 2.24) is 10.2 Å². The fourth-order valence-corrected chi connectivity index (χ4v) is 4.09. The minimum absolute atomic E-state index is 0.269. The van der Waals surface area contributed by atoms with Crippen molar-refractivity contribution < 1.29 is 18.9 Å². The highest BCUT2D eigenvalue weighted by atomic mass is 16.7. The van der Waals surface area contributed by atoms with Crippen LogP contribution in [0.1, 0.15) is 24.4 Å². The summed E-state index contributed by atoms with van der Waals surface area (Å²) in [6.07, 6.45) is 2.21. The molecule has 0 aromatic heterocycles. The number of nitrogens with one attached hydrogen (secondary N) is 1. The summed E-state index contributed by atoms with van der Waals surface area (Å²) in [6, 6.07) is 4.65. The van der Waals surface area contributed by atoms with Gasteiger partial charge in [0.25, 0.3) is 0 Å². The van der Waals surface area contributed by atoms with Gasteiger partial charge < -0.3 is 24.3 Å². The number of hydrogen-bond acceptors (Lipinski definition) is 6. The molecule has 1 atom stereocenters. The number of methoxy groups -OCH3 is 1. The van der Waals surface area contributed by atoms with Gasteiger partial charge in [-0.3, -0.25) is 4.90 Å². The van der Waals surface area contributed by atoms with E-state index in [-0.39, 0.29) is 6.79 Å². The van der Waals surface area contributed by atoms with Crippen LogP contribution in [0.2, 0.25) is 0 Å². The molecule has 1 N–H and O–H groups in total. The molecule has 1 aromatic carbocycles. The summed E-state index contributed by atoms with van der Waals surface area (Å²) in [5, 5.41) is 3.45. The maximum absolute atomic E-state index is 5.65. The van der Waals surface area contributed by atoms with Crippen LogP contribution in [0, 0.1) is 5.92 Å². The van der Waals surface area contributed by atoms with Gasteiger partial charge in [-0.1, -0.05) is 0 Å². The molecule has 4 rings (SSSR count). The smallest absolute Gasteiger partial charge is 0.231 e. The van der Waals surface area contributed by atoms with Crippen molar-refractivity contribution in [3.8, 4) is 17.2 Å². The first-order valence-electron chi connectivity index (χ1n) is 8.87. The average Bonchev–Trinajstić information content (AvgIpc) is 3.12. The van der Waals surface area contributed by atoms with Crippen molar-refractivity contribution >= 4 is 0 Å². The van der Waals surface area contributed by atoms with Gasteiger partial charge in [0.05, 0.1) is 7.11 Å². The Bertz CT molecular complexity index is 550. The summed E-state index contributed by atoms with van der Waals surface area (Å²) in [5.41, 5.74) is 1.27. The van der Waals surface area contributed by atoms with Crippen molar-refractivity contribution in [1.29, 1.82) is 0 Å². The van der Waals surface area contributed by atoms with Crippen molar-refractivity contribution in [2.24, 2.45) is 5.92 Å². The molecular formula is C18H26N2O4. The standard InChI is InChI=1S/C18H26N2O4/c1-21-15-10-14(11-16-18(15)24-12-23-16)17(13-2-8-22-9-3-13)20-6-4-19-5-7-20/h10-11,13,17,19H,2-9,12H2,1H3/t17-/m0/s1. The van der Waals surface area contributed by atoms with Crippen LogP contribution in [0.3, 0.4) is 0 Å². The molecule has 6 nitrogen and oxygen atoms in total. The van der Waals surface area contributed by atoms with E-state index in [1.807, 2.05) is 0 Å². The number of hydrogen-bond donors (Lipinski definition) is 1. The predicted octanol–water partition coefficient (Wildman–Crippen LogP) is 1.80. The van der Waals surface area contributed by atoms with E-state index in [0.717, 1.165) is 69.5 Å². The molecule has 2 saturated heterocycles. The largest absolute Gasteiger partial charge is 0.493 e. The van der Waals surface area contributed by atoms with Crippen molar-refractivity contribution in [2.45, 2.75) is 18.9 Å². The second-order valence-corrected chi connectivity index (χ2v) is 6.64. The van der Waals surface area contributed by atoms with Crippen molar-refractivity contribution in [2.75, 3.05) is 53.3 Å². The van der Waals surface area contributed by atoms with E-state index < -0.39 is 0 Å². The summed E-state index contributed by atoms with van der Waals surface area (Å²) in [7, 11) is 1.69. The average molecular weight is 334 g/mol. The molecule has 1 aromatic rings. The van der Waals surface area contributed by atoms with Gasteiger partial charge in [-0.05, 0) is 36.5 Å². The number of piperazine rings is 1. The van der Waals surface area contributed by atoms with Crippen LogP contribution in [-0.2, 0) is 4.74 Å². The first-order valence-corrected chi connectivity index (χ1v) is 8.87. The molecule has 3 aliphatic heterocycles. The first-order chi connectivity index (χ1) is 11.9. The second kappa shape index (κ2) is 7.17. The molecule has 0 aliphatic carbocycles. The van der Waals surface area contributed by atoms with E-state index in [0.29, 0.717) is 12.0 Å². The van der Waals surface area contributed by atoms with E-state index in [1.165, 1.54) is 5.56 Å². The zero-order valence-corrected chi connectivity index (χ0v) is 14.3. The monoisotopic (exact) mass is 334 g/mol. The Labute approximate surface area is 143 Å². The Kier molecular flexibility index (Phi) is 4.78. The fraction of sp³-hybridized carbons (Fsp3) is 0.667. The van der Waals surface area contributed by atoms with E-state index in [1.54, 1.807) is 7.11 Å². The molecule has 0 amide bonds. The number of benzene rings is 1. The molecule has 132 valence electrons. The highest BCUT2D eigenvalue weighted by Gasteiger charge is 2.33. The minimum atomic E-state index is 0.269. The summed E-state index contributed by atoms with van der Waals surface area (Å²) in [6.45, 7) is 6.20. The maximum atomic E-state index is 5.65. The van der Waals surface area contributed by atoms with E-state index >= 15 is 0 Å². The van der Waals surface area contributed by atoms with E-state index in [4.69, 9.17) is 18.9 Å². The molecule has 2 fully saturated rings. The number of nitrogens with zero attached hydrogens (tertiary/aromatic N) is 1. The molecule has 6 heteroatoms. The van der Waals surface area contributed by atoms with Crippen LogP contribution in [0.25, 0.3) is 0 Å². The Morgan fingerprint density at radius 3 is 2.71 bits per heavy atom. The summed E-state index contributed by atoms with van der Waals surface area (Å²) in [4.78, 5) is 2.60. The third-order valence-corrected chi connectivity index (χ3v) is 5.28. The lowest BCUT2D eigenvalue weighted by Gasteiger charge is -2.41. The molecular weight excluding hydrogens is 308 g/mol. The lowest BCUT2D eigenvalue weighted by molar-refractivity contribution is 0.0212. The lowest BCUT2D eigenvalue weighted by Crippen LogP contribution is -2.47. The number of rotatable bonds is 4. The topological polar surface area (TPSA) is 52.2 Å². The first kappa shape index (κ1) is 16.0. The van der Waals surface area contributed by atoms with E-state index in [9.17, 15) is 0 Å². The van der Waals surface area contributed by atoms with Gasteiger partial charge in [-0.25, -0.2) is 0 Å². The van der Waals surface area contributed by atoms with Gasteiger partial charge in [-0.15, -0.1) is 0 Å². The van der Waals surface area contributed by atoms with Crippen molar-refractivity contribution in [3.63, 3.8) is 0 Å². The van der Waals surface area contributed by atoms with Gasteiger partial charge in [0.1, 0.15) is 0 Å². The van der Waals surface area contributed by atoms with Crippen LogP contribution in [0.15, 0.2) is 12.1 Å². The molecule has 0 unspecified atom stereocenters. The second-order valence-electron chi connectivity index (χ2n) is 6.64. The Morgan fingerprint density at radius 2 is 1.96 bits per heavy atom. The van der Waals surface area contributed by atoms with Gasteiger partial charge in [0.15, 0.2) is 11.5 Å². The minimum Gasteiger partial charge on any atom is -0.493 e. The van der Waals surface area contributed by atoms with Gasteiger partial charge in [0, 0.05) is 45.4 Å². The third-order valence-electron chi connectivity index (χ3n) is 5.28. The van der Waals surface area contributed by atoms with Gasteiger partial charge in [-0.2, -0.15) is 0 Å². The molecule has 0 bridgehead atoms. The zero-order valence-electron chi connectivity index (χ0n) is 14.3. The quantitative estimate of drug-likeness (QED) is 0.906. The summed E-state index contributed by atoms with van der Waals surface area (Å²) in [5.74, 6) is 2.90. The SMILES string of the molecule is COc1cc([C@H](C2CCOCC2)N2CCNCC2)cc2c1OCO2. The normalized spacial score (nSPS) is 23.2. The highest BCUT2D eigenvalue weighted by Crippen LogP contribution is 2.46. The molecule has 3 aliphatic rings. The van der Waals surface area contributed by atoms with Gasteiger partial charge >= 0.3 is 0 Å². The van der Waals surface area contributed by atoms with Crippen LogP contribution < -0.4 is 19.5 Å². The Hall–Kier alpha value is -1.50. The van der Waals surface area contributed by atoms with Crippen molar-refractivity contribution in [3.05, 3.63) is 17.7 Å². The molecule has 0 saturated carbocycles. The number of ether oxygens (including phenoxy) is 4. The lowest BCUT2D eigenvalue weighted by atomic mass is 9.85. The summed E-state index contributed by atoms with van der Waals surface area (Å²) < 4.78 is 22.4.